The quantitative estimate of drug-likeness (QED) is 0.687. The zero-order valence-electron chi connectivity index (χ0n) is 17.1. The molecule has 2 atom stereocenters. The number of fused-ring (bicyclic) bond motifs is 1. The van der Waals surface area contributed by atoms with Gasteiger partial charge in [0, 0.05) is 17.2 Å². The van der Waals surface area contributed by atoms with E-state index in [4.69, 9.17) is 14.2 Å². The van der Waals surface area contributed by atoms with Gasteiger partial charge >= 0.3 is 6.09 Å². The van der Waals surface area contributed by atoms with E-state index in [0.717, 1.165) is 6.26 Å². The second-order valence-electron chi connectivity index (χ2n) is 8.32. The molecule has 0 saturated heterocycles. The minimum absolute atomic E-state index is 0.175. The van der Waals surface area contributed by atoms with Gasteiger partial charge in [-0.2, -0.15) is 0 Å². The lowest BCUT2D eigenvalue weighted by Gasteiger charge is -2.41. The summed E-state index contributed by atoms with van der Waals surface area (Å²) in [5, 5.41) is 13.4. The summed E-state index contributed by atoms with van der Waals surface area (Å²) in [4.78, 5) is 12.3. The molecule has 10 heteroatoms. The highest BCUT2D eigenvalue weighted by Crippen LogP contribution is 2.46. The molecule has 0 spiro atoms. The molecule has 0 aliphatic carbocycles. The van der Waals surface area contributed by atoms with E-state index in [1.165, 1.54) is 19.2 Å². The number of aliphatic hydroxyl groups excluding tert-OH is 1. The van der Waals surface area contributed by atoms with E-state index < -0.39 is 39.5 Å². The van der Waals surface area contributed by atoms with Crippen molar-refractivity contribution in [3.63, 3.8) is 0 Å². The number of aliphatic hydroxyl groups is 1. The van der Waals surface area contributed by atoms with Gasteiger partial charge in [-0.1, -0.05) is 0 Å². The highest BCUT2D eigenvalue weighted by atomic mass is 32.2. The number of carbonyl (C=O) groups is 1. The molecule has 0 fully saturated rings. The maximum Gasteiger partial charge on any atom is 0.408 e. The van der Waals surface area contributed by atoms with Gasteiger partial charge in [0.15, 0.2) is 6.10 Å². The average Bonchev–Trinajstić information content (AvgIpc) is 2.48. The average molecular weight is 416 g/mol. The van der Waals surface area contributed by atoms with E-state index in [0.29, 0.717) is 5.56 Å². The number of anilines is 1. The van der Waals surface area contributed by atoms with Crippen molar-refractivity contribution in [2.75, 3.05) is 18.1 Å². The number of ether oxygens (including phenoxy) is 3. The normalized spacial score (nSPS) is 21.1. The lowest BCUT2D eigenvalue weighted by molar-refractivity contribution is -0.114. The molecule has 0 saturated carbocycles. The maximum absolute atomic E-state index is 12.3. The summed E-state index contributed by atoms with van der Waals surface area (Å²) in [6.45, 7) is 8.70. The van der Waals surface area contributed by atoms with Crippen LogP contribution in [0.5, 0.6) is 11.5 Å². The SMILES string of the molecule is COc1cc2c(cc1NS(C)(=O)=O)OC(C)(C)[C@H](O)[C@H]2OC(=O)NC(C)(C)C. The summed E-state index contributed by atoms with van der Waals surface area (Å²) < 4.78 is 42.2. The molecule has 0 radical (unpaired) electrons. The van der Waals surface area contributed by atoms with Gasteiger partial charge in [0.2, 0.25) is 10.0 Å². The van der Waals surface area contributed by atoms with Gasteiger partial charge in [-0.3, -0.25) is 4.72 Å². The summed E-state index contributed by atoms with van der Waals surface area (Å²) in [7, 11) is -2.18. The zero-order chi connectivity index (χ0) is 21.5. The molecule has 1 aromatic rings. The molecular weight excluding hydrogens is 388 g/mol. The Morgan fingerprint density at radius 1 is 1.29 bits per heavy atom. The smallest absolute Gasteiger partial charge is 0.408 e. The standard InChI is InChI=1S/C18H28N2O7S/c1-17(2,3)19-16(22)26-14-10-8-13(25-6)11(20-28(7,23)24)9-12(10)27-18(4,5)15(14)21/h8-9,14-15,20-21H,1-7H3,(H,19,22)/t14-,15+/m0/s1. The predicted octanol–water partition coefficient (Wildman–Crippen LogP) is 2.16. The van der Waals surface area contributed by atoms with Crippen molar-refractivity contribution in [2.24, 2.45) is 0 Å². The van der Waals surface area contributed by atoms with E-state index in [2.05, 4.69) is 10.0 Å². The second kappa shape index (κ2) is 7.32. The molecule has 28 heavy (non-hydrogen) atoms. The fourth-order valence-electron chi connectivity index (χ4n) is 2.79. The monoisotopic (exact) mass is 416 g/mol. The number of hydrogen-bond acceptors (Lipinski definition) is 7. The first-order valence-electron chi connectivity index (χ1n) is 8.68. The van der Waals surface area contributed by atoms with Crippen LogP contribution in [0.3, 0.4) is 0 Å². The van der Waals surface area contributed by atoms with E-state index >= 15 is 0 Å². The summed E-state index contributed by atoms with van der Waals surface area (Å²) in [6, 6.07) is 2.93. The molecule has 1 aromatic carbocycles. The van der Waals surface area contributed by atoms with Crippen LogP contribution in [0.4, 0.5) is 10.5 Å². The zero-order valence-corrected chi connectivity index (χ0v) is 17.9. The van der Waals surface area contributed by atoms with Crippen molar-refractivity contribution in [3.8, 4) is 11.5 Å². The van der Waals surface area contributed by atoms with Crippen LogP contribution in [-0.2, 0) is 14.8 Å². The minimum atomic E-state index is -3.56. The van der Waals surface area contributed by atoms with Crippen LogP contribution in [0.1, 0.15) is 46.3 Å². The number of rotatable bonds is 4. The van der Waals surface area contributed by atoms with Crippen LogP contribution in [0.15, 0.2) is 12.1 Å². The molecule has 0 bridgehead atoms. The van der Waals surface area contributed by atoms with Crippen molar-refractivity contribution in [1.29, 1.82) is 0 Å². The van der Waals surface area contributed by atoms with E-state index in [1.807, 2.05) is 0 Å². The van der Waals surface area contributed by atoms with Crippen LogP contribution >= 0.6 is 0 Å². The number of alkyl carbamates (subject to hydrolysis) is 1. The summed E-state index contributed by atoms with van der Waals surface area (Å²) in [5.41, 5.74) is -1.07. The molecule has 1 heterocycles. The van der Waals surface area contributed by atoms with Gasteiger partial charge in [-0.25, -0.2) is 13.2 Å². The number of hydrogen-bond donors (Lipinski definition) is 3. The van der Waals surface area contributed by atoms with Gasteiger partial charge < -0.3 is 24.6 Å². The lowest BCUT2D eigenvalue weighted by Crippen LogP contribution is -2.51. The molecule has 1 aliphatic heterocycles. The largest absolute Gasteiger partial charge is 0.495 e. The minimum Gasteiger partial charge on any atom is -0.495 e. The Balaban J connectivity index is 2.50. The van der Waals surface area contributed by atoms with Crippen molar-refractivity contribution in [2.45, 2.75) is 58.0 Å². The van der Waals surface area contributed by atoms with Crippen molar-refractivity contribution in [3.05, 3.63) is 17.7 Å². The third-order valence-corrected chi connectivity index (χ3v) is 4.61. The highest BCUT2D eigenvalue weighted by molar-refractivity contribution is 7.92. The van der Waals surface area contributed by atoms with E-state index in [9.17, 15) is 18.3 Å². The van der Waals surface area contributed by atoms with E-state index in [-0.39, 0.29) is 17.2 Å². The summed E-state index contributed by atoms with van der Waals surface area (Å²) >= 11 is 0. The van der Waals surface area contributed by atoms with Crippen molar-refractivity contribution >= 4 is 21.8 Å². The second-order valence-corrected chi connectivity index (χ2v) is 10.1. The molecule has 158 valence electrons. The molecule has 0 aromatic heterocycles. The molecule has 1 aliphatic rings. The Bertz CT molecular complexity index is 859. The molecule has 2 rings (SSSR count). The summed E-state index contributed by atoms with van der Waals surface area (Å²) in [5.74, 6) is 0.473. The molecule has 3 N–H and O–H groups in total. The number of amides is 1. The molecule has 9 nitrogen and oxygen atoms in total. The maximum atomic E-state index is 12.3. The van der Waals surface area contributed by atoms with Crippen molar-refractivity contribution in [1.82, 2.24) is 5.32 Å². The van der Waals surface area contributed by atoms with Crippen LogP contribution in [0.2, 0.25) is 0 Å². The fourth-order valence-corrected chi connectivity index (χ4v) is 3.35. The predicted molar refractivity (Wildman–Crippen MR) is 104 cm³/mol. The van der Waals surface area contributed by atoms with Gasteiger partial charge in [-0.05, 0) is 40.7 Å². The Morgan fingerprint density at radius 3 is 2.39 bits per heavy atom. The first-order valence-corrected chi connectivity index (χ1v) is 10.6. The number of benzene rings is 1. The number of nitrogens with one attached hydrogen (secondary N) is 2. The highest BCUT2D eigenvalue weighted by Gasteiger charge is 2.46. The van der Waals surface area contributed by atoms with Crippen LogP contribution < -0.4 is 19.5 Å². The van der Waals surface area contributed by atoms with Crippen LogP contribution in [-0.4, -0.2) is 50.2 Å². The van der Waals surface area contributed by atoms with Gasteiger partial charge in [0.05, 0.1) is 19.1 Å². The van der Waals surface area contributed by atoms with Crippen molar-refractivity contribution < 1.29 is 32.5 Å². The molecular formula is C18H28N2O7S. The Hall–Kier alpha value is -2.20. The molecule has 1 amide bonds. The van der Waals surface area contributed by atoms with Crippen LogP contribution in [0, 0.1) is 0 Å². The molecule has 0 unspecified atom stereocenters. The summed E-state index contributed by atoms with van der Waals surface area (Å²) in [6.07, 6.45) is -1.88. The Labute approximate surface area is 165 Å². The lowest BCUT2D eigenvalue weighted by atomic mass is 9.88. The Kier molecular flexibility index (Phi) is 5.78. The van der Waals surface area contributed by atoms with Crippen LogP contribution in [0.25, 0.3) is 0 Å². The number of methoxy groups -OCH3 is 1. The number of sulfonamides is 1. The van der Waals surface area contributed by atoms with E-state index in [1.54, 1.807) is 34.6 Å². The van der Waals surface area contributed by atoms with Gasteiger partial charge in [0.1, 0.15) is 23.2 Å². The fraction of sp³-hybridized carbons (Fsp3) is 0.611. The third-order valence-electron chi connectivity index (χ3n) is 4.02. The topological polar surface area (TPSA) is 123 Å². The first-order chi connectivity index (χ1) is 12.6. The Morgan fingerprint density at radius 2 is 1.89 bits per heavy atom. The van der Waals surface area contributed by atoms with Gasteiger partial charge in [0.25, 0.3) is 0 Å². The van der Waals surface area contributed by atoms with Gasteiger partial charge in [-0.15, -0.1) is 0 Å². The number of carbonyl (C=O) groups excluding carboxylic acids is 1. The third kappa shape index (κ3) is 5.20. The first kappa shape index (κ1) is 22.1.